The molecule has 1 aliphatic heterocycles. The van der Waals surface area contributed by atoms with Crippen LogP contribution in [0.2, 0.25) is 0 Å². The number of carbonyl (C=O) groups excluding carboxylic acids is 1. The standard InChI is InChI=1S/C21H26N4O2S/c1-2-10-25-11-9-18-16(12-25)20(27)24-21(23-18)28-13-19(26)22-17-8-7-14-5-3-4-6-15(14)17/h3-6,17H,2,7-13H2,1H3,(H,22,26)(H,23,24,27). The van der Waals surface area contributed by atoms with E-state index >= 15 is 0 Å². The predicted octanol–water partition coefficient (Wildman–Crippen LogP) is 2.43. The number of H-pyrrole nitrogens is 1. The number of aromatic nitrogens is 2. The second-order valence-electron chi connectivity index (χ2n) is 7.47. The molecule has 0 fully saturated rings. The van der Waals surface area contributed by atoms with Gasteiger partial charge in [-0.25, -0.2) is 4.98 Å². The fraction of sp³-hybridized carbons (Fsp3) is 0.476. The molecule has 0 radical (unpaired) electrons. The molecule has 2 aliphatic rings. The van der Waals surface area contributed by atoms with E-state index in [1.807, 2.05) is 12.1 Å². The number of thioether (sulfide) groups is 1. The summed E-state index contributed by atoms with van der Waals surface area (Å²) in [6.07, 6.45) is 3.81. The first-order chi connectivity index (χ1) is 13.6. The first-order valence-corrected chi connectivity index (χ1v) is 11.0. The van der Waals surface area contributed by atoms with Gasteiger partial charge in [0, 0.05) is 19.5 Å². The molecule has 1 aromatic carbocycles. The second kappa shape index (κ2) is 8.49. The molecule has 1 atom stereocenters. The number of benzene rings is 1. The fourth-order valence-corrected chi connectivity index (χ4v) is 4.80. The summed E-state index contributed by atoms with van der Waals surface area (Å²) in [5, 5.41) is 3.65. The molecule has 0 saturated heterocycles. The minimum Gasteiger partial charge on any atom is -0.349 e. The van der Waals surface area contributed by atoms with E-state index < -0.39 is 0 Å². The number of fused-ring (bicyclic) bond motifs is 2. The minimum absolute atomic E-state index is 0.0267. The van der Waals surface area contributed by atoms with Crippen LogP contribution in [0.25, 0.3) is 0 Å². The third-order valence-corrected chi connectivity index (χ3v) is 6.35. The molecule has 0 bridgehead atoms. The summed E-state index contributed by atoms with van der Waals surface area (Å²) in [7, 11) is 0. The van der Waals surface area contributed by atoms with Gasteiger partial charge in [-0.2, -0.15) is 0 Å². The van der Waals surface area contributed by atoms with E-state index in [-0.39, 0.29) is 23.3 Å². The van der Waals surface area contributed by atoms with Gasteiger partial charge in [0.15, 0.2) is 5.16 Å². The molecule has 7 heteroatoms. The largest absolute Gasteiger partial charge is 0.349 e. The van der Waals surface area contributed by atoms with E-state index in [1.54, 1.807) is 0 Å². The molecule has 4 rings (SSSR count). The zero-order chi connectivity index (χ0) is 19.5. The average Bonchev–Trinajstić information content (AvgIpc) is 3.10. The molecule has 2 N–H and O–H groups in total. The van der Waals surface area contributed by atoms with Gasteiger partial charge in [0.25, 0.3) is 5.56 Å². The van der Waals surface area contributed by atoms with E-state index in [2.05, 4.69) is 39.2 Å². The predicted molar refractivity (Wildman–Crippen MR) is 111 cm³/mol. The molecule has 1 aliphatic carbocycles. The van der Waals surface area contributed by atoms with Crippen molar-refractivity contribution < 1.29 is 4.79 Å². The van der Waals surface area contributed by atoms with Gasteiger partial charge < -0.3 is 10.3 Å². The number of nitrogens with zero attached hydrogens (tertiary/aromatic N) is 2. The Morgan fingerprint density at radius 3 is 3.07 bits per heavy atom. The molecule has 28 heavy (non-hydrogen) atoms. The van der Waals surface area contributed by atoms with Crippen molar-refractivity contribution in [2.24, 2.45) is 0 Å². The van der Waals surface area contributed by atoms with Gasteiger partial charge >= 0.3 is 0 Å². The lowest BCUT2D eigenvalue weighted by Crippen LogP contribution is -2.36. The van der Waals surface area contributed by atoms with Crippen LogP contribution in [0.4, 0.5) is 0 Å². The number of rotatable bonds is 6. The maximum absolute atomic E-state index is 12.5. The van der Waals surface area contributed by atoms with Crippen LogP contribution in [0, 0.1) is 0 Å². The van der Waals surface area contributed by atoms with E-state index in [1.165, 1.54) is 22.9 Å². The highest BCUT2D eigenvalue weighted by Gasteiger charge is 2.24. The monoisotopic (exact) mass is 398 g/mol. The molecule has 6 nitrogen and oxygen atoms in total. The Morgan fingerprint density at radius 1 is 1.36 bits per heavy atom. The number of aromatic amines is 1. The van der Waals surface area contributed by atoms with E-state index in [0.29, 0.717) is 11.7 Å². The Labute approximate surface area is 169 Å². The maximum atomic E-state index is 12.5. The van der Waals surface area contributed by atoms with Crippen molar-refractivity contribution in [2.75, 3.05) is 18.8 Å². The molecule has 2 heterocycles. The van der Waals surface area contributed by atoms with Gasteiger partial charge in [0.2, 0.25) is 5.91 Å². The van der Waals surface area contributed by atoms with Crippen LogP contribution < -0.4 is 10.9 Å². The Morgan fingerprint density at radius 2 is 2.21 bits per heavy atom. The molecule has 0 saturated carbocycles. The van der Waals surface area contributed by atoms with Crippen molar-refractivity contribution in [3.05, 3.63) is 57.0 Å². The number of nitrogens with one attached hydrogen (secondary N) is 2. The SMILES string of the molecule is CCCN1CCc2nc(SCC(=O)NC3CCc4ccccc43)[nH]c(=O)c2C1. The summed E-state index contributed by atoms with van der Waals surface area (Å²) in [4.78, 5) is 34.6. The minimum atomic E-state index is -0.0709. The Bertz CT molecular complexity index is 927. The van der Waals surface area contributed by atoms with Crippen molar-refractivity contribution in [3.8, 4) is 0 Å². The summed E-state index contributed by atoms with van der Waals surface area (Å²) in [6, 6.07) is 8.36. The lowest BCUT2D eigenvalue weighted by Gasteiger charge is -2.27. The van der Waals surface area contributed by atoms with Crippen LogP contribution in [-0.2, 0) is 24.2 Å². The van der Waals surface area contributed by atoms with Crippen LogP contribution in [0.15, 0.2) is 34.2 Å². The number of amides is 1. The van der Waals surface area contributed by atoms with Gasteiger partial charge in [-0.3, -0.25) is 14.5 Å². The maximum Gasteiger partial charge on any atom is 0.256 e. The Hall–Kier alpha value is -2.12. The number of hydrogen-bond acceptors (Lipinski definition) is 5. The lowest BCUT2D eigenvalue weighted by molar-refractivity contribution is -0.119. The molecule has 148 valence electrons. The van der Waals surface area contributed by atoms with Crippen molar-refractivity contribution >= 4 is 17.7 Å². The third-order valence-electron chi connectivity index (χ3n) is 5.47. The summed E-state index contributed by atoms with van der Waals surface area (Å²) in [5.74, 6) is 0.226. The Kier molecular flexibility index (Phi) is 5.82. The summed E-state index contributed by atoms with van der Waals surface area (Å²) in [5.41, 5.74) is 4.12. The molecule has 1 aromatic heterocycles. The fourth-order valence-electron chi connectivity index (χ4n) is 4.11. The highest BCUT2D eigenvalue weighted by Crippen LogP contribution is 2.30. The van der Waals surface area contributed by atoms with E-state index in [4.69, 9.17) is 0 Å². The van der Waals surface area contributed by atoms with Gasteiger partial charge in [0.1, 0.15) is 0 Å². The van der Waals surface area contributed by atoms with Crippen molar-refractivity contribution in [1.82, 2.24) is 20.2 Å². The molecular formula is C21H26N4O2S. The van der Waals surface area contributed by atoms with Crippen LogP contribution >= 0.6 is 11.8 Å². The number of carbonyl (C=O) groups is 1. The van der Waals surface area contributed by atoms with Crippen molar-refractivity contribution in [3.63, 3.8) is 0 Å². The normalized spacial score (nSPS) is 18.5. The van der Waals surface area contributed by atoms with Gasteiger partial charge in [0.05, 0.1) is 23.1 Å². The first-order valence-electron chi connectivity index (χ1n) is 9.98. The van der Waals surface area contributed by atoms with E-state index in [9.17, 15) is 9.59 Å². The summed E-state index contributed by atoms with van der Waals surface area (Å²) in [6.45, 7) is 4.74. The highest BCUT2D eigenvalue weighted by atomic mass is 32.2. The van der Waals surface area contributed by atoms with Crippen LogP contribution in [-0.4, -0.2) is 39.6 Å². The van der Waals surface area contributed by atoms with Crippen molar-refractivity contribution in [1.29, 1.82) is 0 Å². The zero-order valence-electron chi connectivity index (χ0n) is 16.2. The highest BCUT2D eigenvalue weighted by molar-refractivity contribution is 7.99. The molecule has 0 spiro atoms. The molecule has 1 amide bonds. The van der Waals surface area contributed by atoms with Crippen LogP contribution in [0.1, 0.15) is 48.2 Å². The second-order valence-corrected chi connectivity index (χ2v) is 8.43. The Balaban J connectivity index is 1.36. The zero-order valence-corrected chi connectivity index (χ0v) is 17.0. The molecule has 1 unspecified atom stereocenters. The van der Waals surface area contributed by atoms with Gasteiger partial charge in [-0.1, -0.05) is 43.0 Å². The van der Waals surface area contributed by atoms with Crippen LogP contribution in [0.5, 0.6) is 0 Å². The van der Waals surface area contributed by atoms with E-state index in [0.717, 1.165) is 50.0 Å². The lowest BCUT2D eigenvalue weighted by atomic mass is 10.1. The average molecular weight is 399 g/mol. The van der Waals surface area contributed by atoms with Gasteiger partial charge in [-0.15, -0.1) is 0 Å². The number of aryl methyl sites for hydroxylation is 1. The summed E-state index contributed by atoms with van der Waals surface area (Å²) < 4.78 is 0. The topological polar surface area (TPSA) is 78.1 Å². The summed E-state index contributed by atoms with van der Waals surface area (Å²) >= 11 is 1.30. The smallest absolute Gasteiger partial charge is 0.256 e. The van der Waals surface area contributed by atoms with Crippen LogP contribution in [0.3, 0.4) is 0 Å². The molecule has 2 aromatic rings. The first kappa shape index (κ1) is 19.2. The third kappa shape index (κ3) is 4.15. The molecular weight excluding hydrogens is 372 g/mol. The van der Waals surface area contributed by atoms with Crippen molar-refractivity contribution in [2.45, 2.75) is 50.4 Å². The van der Waals surface area contributed by atoms with Gasteiger partial charge in [-0.05, 0) is 36.9 Å². The number of hydrogen-bond donors (Lipinski definition) is 2. The quantitative estimate of drug-likeness (QED) is 0.577.